The Balaban J connectivity index is 1.60. The van der Waals surface area contributed by atoms with Crippen molar-refractivity contribution in [3.05, 3.63) is 102 Å². The monoisotopic (exact) mass is 480 g/mol. The zero-order valence-corrected chi connectivity index (χ0v) is 20.6. The van der Waals surface area contributed by atoms with Crippen molar-refractivity contribution in [3.63, 3.8) is 0 Å². The normalized spacial score (nSPS) is 15.7. The maximum atomic E-state index is 13.3. The van der Waals surface area contributed by atoms with E-state index in [4.69, 9.17) is 14.2 Å². The van der Waals surface area contributed by atoms with Gasteiger partial charge >= 0.3 is 6.03 Å². The van der Waals surface area contributed by atoms with Crippen LogP contribution in [0.15, 0.2) is 89.1 Å². The van der Waals surface area contributed by atoms with E-state index in [9.17, 15) is 4.79 Å². The Morgan fingerprint density at radius 2 is 1.69 bits per heavy atom. The lowest BCUT2D eigenvalue weighted by Gasteiger charge is -2.35. The zero-order chi connectivity index (χ0) is 25.1. The summed E-state index contributed by atoms with van der Waals surface area (Å²) in [7, 11) is 0. The number of amides is 2. The van der Waals surface area contributed by atoms with E-state index in [-0.39, 0.29) is 6.03 Å². The van der Waals surface area contributed by atoms with E-state index in [1.807, 2.05) is 80.6 Å². The zero-order valence-electron chi connectivity index (χ0n) is 20.6. The first kappa shape index (κ1) is 23.4. The predicted octanol–water partition coefficient (Wildman–Crippen LogP) is 6.40. The van der Waals surface area contributed by atoms with Crippen molar-refractivity contribution < 1.29 is 14.1 Å². The lowest BCUT2D eigenvalue weighted by Crippen LogP contribution is -2.46. The summed E-state index contributed by atoms with van der Waals surface area (Å²) in [5, 5.41) is 7.40. The number of benzene rings is 3. The second-order valence-corrected chi connectivity index (χ2v) is 8.53. The largest absolute Gasteiger partial charge is 0.494 e. The molecule has 3 aromatic carbocycles. The van der Waals surface area contributed by atoms with E-state index in [2.05, 4.69) is 29.5 Å². The molecule has 7 nitrogen and oxygen atoms in total. The maximum Gasteiger partial charge on any atom is 0.326 e. The summed E-state index contributed by atoms with van der Waals surface area (Å²) in [4.78, 5) is 19.7. The topological polar surface area (TPSA) is 80.5 Å². The molecule has 4 aromatic rings. The van der Waals surface area contributed by atoms with Crippen molar-refractivity contribution >= 4 is 17.3 Å². The van der Waals surface area contributed by atoms with Gasteiger partial charge in [-0.05, 0) is 55.7 Å². The van der Waals surface area contributed by atoms with Crippen LogP contribution >= 0.6 is 0 Å². The van der Waals surface area contributed by atoms with Crippen molar-refractivity contribution in [1.29, 1.82) is 0 Å². The number of rotatable bonds is 7. The minimum Gasteiger partial charge on any atom is -0.494 e. The fourth-order valence-corrected chi connectivity index (χ4v) is 4.42. The minimum absolute atomic E-state index is 0.226. The minimum atomic E-state index is -0.469. The highest BCUT2D eigenvalue weighted by Gasteiger charge is 2.36. The molecule has 36 heavy (non-hydrogen) atoms. The van der Waals surface area contributed by atoms with Crippen LogP contribution in [0.3, 0.4) is 0 Å². The van der Waals surface area contributed by atoms with E-state index < -0.39 is 6.04 Å². The second-order valence-electron chi connectivity index (χ2n) is 8.53. The summed E-state index contributed by atoms with van der Waals surface area (Å²) in [5.41, 5.74) is 5.22. The molecule has 5 rings (SSSR count). The van der Waals surface area contributed by atoms with Crippen LogP contribution < -0.4 is 15.0 Å². The average molecular weight is 481 g/mol. The third-order valence-electron chi connectivity index (χ3n) is 6.30. The number of urea groups is 1. The smallest absolute Gasteiger partial charge is 0.326 e. The molecular formula is C29H28N4O3. The molecule has 7 heteroatoms. The highest BCUT2D eigenvalue weighted by molar-refractivity contribution is 6.01. The third kappa shape index (κ3) is 4.47. The van der Waals surface area contributed by atoms with Gasteiger partial charge in [-0.2, -0.15) is 4.98 Å². The lowest BCUT2D eigenvalue weighted by molar-refractivity contribution is 0.244. The molecule has 0 aliphatic carbocycles. The van der Waals surface area contributed by atoms with Gasteiger partial charge in [-0.25, -0.2) is 4.79 Å². The number of carbonyl (C=O) groups is 1. The van der Waals surface area contributed by atoms with Crippen LogP contribution in [-0.4, -0.2) is 22.8 Å². The Hall–Kier alpha value is -4.39. The number of allylic oxidation sites excluding steroid dienone is 1. The highest BCUT2D eigenvalue weighted by atomic mass is 16.5. The molecule has 2 amide bonds. The number of para-hydroxylation sites is 1. The molecule has 0 saturated carbocycles. The van der Waals surface area contributed by atoms with Crippen LogP contribution in [0.1, 0.15) is 43.8 Å². The molecule has 1 aliphatic heterocycles. The lowest BCUT2D eigenvalue weighted by atomic mass is 9.94. The molecular weight excluding hydrogens is 452 g/mol. The van der Waals surface area contributed by atoms with E-state index in [0.717, 1.165) is 40.3 Å². The number of aryl methyl sites for hydroxylation is 1. The van der Waals surface area contributed by atoms with Gasteiger partial charge in [0.1, 0.15) is 5.75 Å². The Bertz CT molecular complexity index is 1380. The first-order chi connectivity index (χ1) is 17.6. The maximum absolute atomic E-state index is 13.3. The van der Waals surface area contributed by atoms with Gasteiger partial charge in [-0.1, -0.05) is 66.7 Å². The summed E-state index contributed by atoms with van der Waals surface area (Å²) in [6.07, 6.45) is 0.961. The Morgan fingerprint density at radius 3 is 2.36 bits per heavy atom. The fourth-order valence-electron chi connectivity index (χ4n) is 4.42. The number of nitrogens with one attached hydrogen (secondary N) is 1. The fraction of sp³-hybridized carbons (Fsp3) is 0.207. The van der Waals surface area contributed by atoms with E-state index in [1.165, 1.54) is 5.56 Å². The van der Waals surface area contributed by atoms with E-state index in [0.29, 0.717) is 18.3 Å². The third-order valence-corrected chi connectivity index (χ3v) is 6.30. The molecule has 182 valence electrons. The van der Waals surface area contributed by atoms with Crippen LogP contribution in [0, 0.1) is 0 Å². The summed E-state index contributed by atoms with van der Waals surface area (Å²) in [6.45, 7) is 6.55. The van der Waals surface area contributed by atoms with Gasteiger partial charge in [0.05, 0.1) is 23.9 Å². The van der Waals surface area contributed by atoms with Crippen LogP contribution in [0.4, 0.5) is 10.5 Å². The SMILES string of the molecule is CCOc1ccc(C2NC(=O)N(c3ccccc3)C(C)=C2c2nc(-c3ccc(CC)cc3)no2)cc1. The van der Waals surface area contributed by atoms with Gasteiger partial charge in [0, 0.05) is 11.3 Å². The van der Waals surface area contributed by atoms with Crippen LogP contribution in [0.25, 0.3) is 17.0 Å². The van der Waals surface area contributed by atoms with Crippen molar-refractivity contribution in [2.45, 2.75) is 33.2 Å². The summed E-state index contributed by atoms with van der Waals surface area (Å²) in [6, 6.07) is 24.6. The molecule has 1 aliphatic rings. The molecule has 0 bridgehead atoms. The van der Waals surface area contributed by atoms with Crippen molar-refractivity contribution in [2.24, 2.45) is 0 Å². The molecule has 0 radical (unpaired) electrons. The number of aromatic nitrogens is 2. The summed E-state index contributed by atoms with van der Waals surface area (Å²) < 4.78 is 11.4. The van der Waals surface area contributed by atoms with Gasteiger partial charge < -0.3 is 14.6 Å². The van der Waals surface area contributed by atoms with E-state index >= 15 is 0 Å². The standard InChI is InChI=1S/C29H28N4O3/c1-4-20-11-13-22(14-12-20)27-31-28(36-32-27)25-19(3)33(23-9-7-6-8-10-23)29(34)30-26(25)21-15-17-24(18-16-21)35-5-2/h6-18,26H,4-5H2,1-3H3,(H,30,34). The molecule has 1 N–H and O–H groups in total. The quantitative estimate of drug-likeness (QED) is 0.331. The summed E-state index contributed by atoms with van der Waals surface area (Å²) in [5.74, 6) is 1.63. The molecule has 1 atom stereocenters. The Morgan fingerprint density at radius 1 is 0.972 bits per heavy atom. The highest BCUT2D eigenvalue weighted by Crippen LogP contribution is 2.39. The number of hydrogen-bond donors (Lipinski definition) is 1. The van der Waals surface area contributed by atoms with Crippen molar-refractivity contribution in [2.75, 3.05) is 11.5 Å². The van der Waals surface area contributed by atoms with Gasteiger partial charge in [0.15, 0.2) is 0 Å². The average Bonchev–Trinajstić information content (AvgIpc) is 3.39. The van der Waals surface area contributed by atoms with E-state index in [1.54, 1.807) is 4.90 Å². The number of ether oxygens (including phenoxy) is 1. The molecule has 1 unspecified atom stereocenters. The van der Waals surface area contributed by atoms with Gasteiger partial charge in [-0.15, -0.1) is 0 Å². The first-order valence-electron chi connectivity index (χ1n) is 12.1. The second kappa shape index (κ2) is 10.1. The molecule has 1 aromatic heterocycles. The molecule has 0 saturated heterocycles. The molecule has 0 spiro atoms. The van der Waals surface area contributed by atoms with Crippen LogP contribution in [-0.2, 0) is 6.42 Å². The number of carbonyl (C=O) groups excluding carboxylic acids is 1. The number of hydrogen-bond acceptors (Lipinski definition) is 5. The molecule has 2 heterocycles. The van der Waals surface area contributed by atoms with Gasteiger partial charge in [0.2, 0.25) is 5.82 Å². The first-order valence-corrected chi connectivity index (χ1v) is 12.1. The molecule has 0 fully saturated rings. The number of nitrogens with zero attached hydrogens (tertiary/aromatic N) is 3. The summed E-state index contributed by atoms with van der Waals surface area (Å²) >= 11 is 0. The van der Waals surface area contributed by atoms with Crippen molar-refractivity contribution in [1.82, 2.24) is 15.5 Å². The number of anilines is 1. The van der Waals surface area contributed by atoms with Crippen molar-refractivity contribution in [3.8, 4) is 17.1 Å². The Kier molecular flexibility index (Phi) is 6.54. The van der Waals surface area contributed by atoms with Gasteiger partial charge in [-0.3, -0.25) is 4.90 Å². The van der Waals surface area contributed by atoms with Crippen LogP contribution in [0.5, 0.6) is 5.75 Å². The van der Waals surface area contributed by atoms with Crippen LogP contribution in [0.2, 0.25) is 0 Å². The Labute approximate surface area is 210 Å². The van der Waals surface area contributed by atoms with Gasteiger partial charge in [0.25, 0.3) is 5.89 Å². The predicted molar refractivity (Wildman–Crippen MR) is 140 cm³/mol.